The van der Waals surface area contributed by atoms with Gasteiger partial charge in [0.25, 0.3) is 15.6 Å². The second kappa shape index (κ2) is 10.8. The monoisotopic (exact) mass is 560 g/mol. The number of sulfonamides is 1. The maximum atomic E-state index is 13.4. The van der Waals surface area contributed by atoms with Gasteiger partial charge in [-0.25, -0.2) is 22.8 Å². The normalized spacial score (nSPS) is 12.3. The molecule has 2 aromatic heterocycles. The smallest absolute Gasteiger partial charge is 0.308 e. The Bertz CT molecular complexity index is 1710. The van der Waals surface area contributed by atoms with Crippen molar-refractivity contribution in [2.24, 2.45) is 5.92 Å². The van der Waals surface area contributed by atoms with Gasteiger partial charge in [0.15, 0.2) is 0 Å². The van der Waals surface area contributed by atoms with E-state index in [2.05, 4.69) is 14.7 Å². The molecular formula is C25H22ClFN4O6S. The van der Waals surface area contributed by atoms with E-state index in [1.807, 2.05) is 0 Å². The zero-order chi connectivity index (χ0) is 27.6. The van der Waals surface area contributed by atoms with Gasteiger partial charge >= 0.3 is 5.97 Å². The molecule has 4 aromatic rings. The maximum Gasteiger partial charge on any atom is 0.308 e. The summed E-state index contributed by atoms with van der Waals surface area (Å²) in [5, 5.41) is 9.31. The molecule has 1 atom stereocenters. The van der Waals surface area contributed by atoms with Crippen molar-refractivity contribution in [1.82, 2.24) is 14.5 Å². The second-order valence-corrected chi connectivity index (χ2v) is 10.4. The van der Waals surface area contributed by atoms with E-state index in [0.717, 1.165) is 18.2 Å². The zero-order valence-corrected chi connectivity index (χ0v) is 21.8. The van der Waals surface area contributed by atoms with Crippen molar-refractivity contribution in [3.8, 4) is 17.0 Å². The first-order valence-corrected chi connectivity index (χ1v) is 13.1. The number of anilines is 1. The van der Waals surface area contributed by atoms with E-state index in [9.17, 15) is 27.5 Å². The third kappa shape index (κ3) is 5.46. The first kappa shape index (κ1) is 27.0. The number of rotatable bonds is 9. The highest BCUT2D eigenvalue weighted by Crippen LogP contribution is 2.32. The highest BCUT2D eigenvalue weighted by molar-refractivity contribution is 7.92. The van der Waals surface area contributed by atoms with Crippen molar-refractivity contribution >= 4 is 44.2 Å². The van der Waals surface area contributed by atoms with Crippen LogP contribution in [0.25, 0.3) is 22.0 Å². The molecule has 0 saturated carbocycles. The van der Waals surface area contributed by atoms with E-state index in [-0.39, 0.29) is 33.4 Å². The second-order valence-electron chi connectivity index (χ2n) is 8.34. The molecule has 0 radical (unpaired) electrons. The predicted octanol–water partition coefficient (Wildman–Crippen LogP) is 4.17. The summed E-state index contributed by atoms with van der Waals surface area (Å²) in [4.78, 5) is 32.7. The quantitative estimate of drug-likeness (QED) is 0.311. The van der Waals surface area contributed by atoms with Crippen LogP contribution < -0.4 is 15.0 Å². The van der Waals surface area contributed by atoms with Gasteiger partial charge in [-0.3, -0.25) is 18.9 Å². The topological polar surface area (TPSA) is 140 Å². The molecule has 0 aliphatic carbocycles. The Morgan fingerprint density at radius 1 is 1.18 bits per heavy atom. The first-order valence-electron chi connectivity index (χ1n) is 11.3. The number of aliphatic carboxylic acids is 1. The summed E-state index contributed by atoms with van der Waals surface area (Å²) in [6, 6.07) is 9.24. The molecule has 0 amide bonds. The van der Waals surface area contributed by atoms with E-state index < -0.39 is 33.3 Å². The van der Waals surface area contributed by atoms with Crippen molar-refractivity contribution in [3.63, 3.8) is 0 Å². The van der Waals surface area contributed by atoms with Crippen molar-refractivity contribution in [2.45, 2.75) is 24.8 Å². The summed E-state index contributed by atoms with van der Waals surface area (Å²) in [6.45, 7) is 1.70. The highest BCUT2D eigenvalue weighted by atomic mass is 35.5. The fourth-order valence-corrected chi connectivity index (χ4v) is 5.41. The molecule has 198 valence electrons. The number of hydrogen-bond donors (Lipinski definition) is 2. The minimum atomic E-state index is -4.24. The molecule has 0 saturated heterocycles. The van der Waals surface area contributed by atoms with Crippen LogP contribution in [0.3, 0.4) is 0 Å². The van der Waals surface area contributed by atoms with Crippen LogP contribution in [0.1, 0.15) is 13.3 Å². The van der Waals surface area contributed by atoms with Gasteiger partial charge in [-0.1, -0.05) is 24.6 Å². The summed E-state index contributed by atoms with van der Waals surface area (Å²) in [6.07, 6.45) is 3.10. The number of carbonyl (C=O) groups is 1. The average Bonchev–Trinajstić information content (AvgIpc) is 2.87. The van der Waals surface area contributed by atoms with Gasteiger partial charge in [-0.05, 0) is 48.4 Å². The van der Waals surface area contributed by atoms with E-state index >= 15 is 0 Å². The molecule has 2 heterocycles. The number of carboxylic acids is 1. The van der Waals surface area contributed by atoms with Crippen LogP contribution in [0.2, 0.25) is 5.02 Å². The average molecular weight is 561 g/mol. The Morgan fingerprint density at radius 2 is 1.95 bits per heavy atom. The van der Waals surface area contributed by atoms with E-state index in [0.29, 0.717) is 23.1 Å². The van der Waals surface area contributed by atoms with Crippen LogP contribution in [-0.4, -0.2) is 41.1 Å². The van der Waals surface area contributed by atoms with E-state index in [1.165, 1.54) is 30.3 Å². The van der Waals surface area contributed by atoms with Gasteiger partial charge < -0.3 is 9.84 Å². The molecular weight excluding hydrogens is 539 g/mol. The number of pyridine rings is 1. The minimum Gasteiger partial charge on any atom is -0.481 e. The number of fused-ring (bicyclic) bond motifs is 1. The maximum absolute atomic E-state index is 13.4. The van der Waals surface area contributed by atoms with Gasteiger partial charge in [-0.15, -0.1) is 0 Å². The van der Waals surface area contributed by atoms with Crippen LogP contribution >= 0.6 is 11.6 Å². The molecule has 4 rings (SSSR count). The molecule has 0 fully saturated rings. The van der Waals surface area contributed by atoms with Gasteiger partial charge in [-0.2, -0.15) is 0 Å². The van der Waals surface area contributed by atoms with E-state index in [1.54, 1.807) is 25.1 Å². The van der Waals surface area contributed by atoms with Gasteiger partial charge in [0.2, 0.25) is 5.88 Å². The number of aromatic nitrogens is 3. The SMILES string of the molecule is CCC(Cn1cnc2ccc(-c3cnc(OC)c(NS(=O)(=O)c4ccc(F)cc4Cl)c3)cc2c1=O)C(=O)O. The summed E-state index contributed by atoms with van der Waals surface area (Å²) in [5.74, 6) is -2.46. The number of nitrogens with zero attached hydrogens (tertiary/aromatic N) is 3. The number of halogens is 2. The van der Waals surface area contributed by atoms with Crippen LogP contribution in [0.5, 0.6) is 5.88 Å². The molecule has 0 bridgehead atoms. The van der Waals surface area contributed by atoms with Crippen molar-refractivity contribution in [2.75, 3.05) is 11.8 Å². The Balaban J connectivity index is 1.75. The van der Waals surface area contributed by atoms with Gasteiger partial charge in [0.1, 0.15) is 16.4 Å². The van der Waals surface area contributed by atoms with Crippen molar-refractivity contribution in [3.05, 3.63) is 76.2 Å². The molecule has 2 aromatic carbocycles. The lowest BCUT2D eigenvalue weighted by molar-refractivity contribution is -0.142. The number of methoxy groups -OCH3 is 1. The molecule has 2 N–H and O–H groups in total. The highest BCUT2D eigenvalue weighted by Gasteiger charge is 2.22. The summed E-state index contributed by atoms with van der Waals surface area (Å²) >= 11 is 5.95. The fraction of sp³-hybridized carbons (Fsp3) is 0.200. The van der Waals surface area contributed by atoms with Crippen molar-refractivity contribution < 1.29 is 27.4 Å². The first-order chi connectivity index (χ1) is 18.0. The molecule has 10 nitrogen and oxygen atoms in total. The predicted molar refractivity (Wildman–Crippen MR) is 139 cm³/mol. The molecule has 38 heavy (non-hydrogen) atoms. The summed E-state index contributed by atoms with van der Waals surface area (Å²) < 4.78 is 48.2. The summed E-state index contributed by atoms with van der Waals surface area (Å²) in [5.41, 5.74) is 0.954. The molecule has 13 heteroatoms. The minimum absolute atomic E-state index is 0.0127. The fourth-order valence-electron chi connectivity index (χ4n) is 3.83. The Hall–Kier alpha value is -4.03. The summed E-state index contributed by atoms with van der Waals surface area (Å²) in [7, 11) is -2.93. The number of nitrogens with one attached hydrogen (secondary N) is 1. The van der Waals surface area contributed by atoms with E-state index in [4.69, 9.17) is 16.3 Å². The lowest BCUT2D eigenvalue weighted by Crippen LogP contribution is -2.27. The third-order valence-electron chi connectivity index (χ3n) is 5.89. The van der Waals surface area contributed by atoms with Crippen LogP contribution in [0.15, 0.2) is 64.7 Å². The van der Waals surface area contributed by atoms with Gasteiger partial charge in [0, 0.05) is 18.3 Å². The standard InChI is InChI=1S/C25H22ClFN4O6S/c1-3-14(25(33)34)12-31-13-29-20-6-4-15(8-18(20)24(31)32)16-9-21(23(37-2)28-11-16)30-38(35,36)22-7-5-17(27)10-19(22)26/h4-11,13-14,30H,3,12H2,1-2H3,(H,33,34). The zero-order valence-electron chi connectivity index (χ0n) is 20.2. The van der Waals surface area contributed by atoms with Crippen LogP contribution in [0, 0.1) is 11.7 Å². The largest absolute Gasteiger partial charge is 0.481 e. The Kier molecular flexibility index (Phi) is 7.65. The van der Waals surface area contributed by atoms with Crippen LogP contribution in [-0.2, 0) is 21.4 Å². The number of carboxylic acid groups (broad SMARTS) is 1. The Labute approximate surface area is 221 Å². The lowest BCUT2D eigenvalue weighted by atomic mass is 10.0. The third-order valence-corrected chi connectivity index (χ3v) is 7.74. The molecule has 0 aliphatic rings. The van der Waals surface area contributed by atoms with Crippen molar-refractivity contribution in [1.29, 1.82) is 0 Å². The number of hydrogen-bond acceptors (Lipinski definition) is 7. The molecule has 0 aliphatic heterocycles. The number of benzene rings is 2. The molecule has 1 unspecified atom stereocenters. The lowest BCUT2D eigenvalue weighted by Gasteiger charge is -2.14. The number of ether oxygens (including phenoxy) is 1. The molecule has 0 spiro atoms. The van der Waals surface area contributed by atoms with Crippen LogP contribution in [0.4, 0.5) is 10.1 Å². The Morgan fingerprint density at radius 3 is 2.61 bits per heavy atom. The van der Waals surface area contributed by atoms with Gasteiger partial charge in [0.05, 0.1) is 35.3 Å².